The van der Waals surface area contributed by atoms with Crippen LogP contribution in [-0.2, 0) is 11.2 Å². The molecule has 4 atom stereocenters. The largest absolute Gasteiger partial charge is 0.387 e. The predicted molar refractivity (Wildman–Crippen MR) is 85.1 cm³/mol. The number of nitrogens with one attached hydrogen (secondary N) is 2. The molecule has 1 aliphatic carbocycles. The smallest absolute Gasteiger partial charge is 0.217 e. The third-order valence-electron chi connectivity index (χ3n) is 4.19. The van der Waals surface area contributed by atoms with Crippen LogP contribution in [0.4, 0.5) is 0 Å². The maximum Gasteiger partial charge on any atom is 0.217 e. The molecular formula is C17H26N2O3. The van der Waals surface area contributed by atoms with Crippen molar-refractivity contribution in [3.05, 3.63) is 35.4 Å². The van der Waals surface area contributed by atoms with E-state index < -0.39 is 18.4 Å². The minimum Gasteiger partial charge on any atom is -0.387 e. The second-order valence-electron chi connectivity index (χ2n) is 7.11. The summed E-state index contributed by atoms with van der Waals surface area (Å²) in [6, 6.07) is 7.03. The van der Waals surface area contributed by atoms with Crippen LogP contribution in [0.1, 0.15) is 44.9 Å². The van der Waals surface area contributed by atoms with Gasteiger partial charge in [0, 0.05) is 13.0 Å². The van der Waals surface area contributed by atoms with E-state index in [4.69, 9.17) is 0 Å². The molecule has 1 aromatic carbocycles. The lowest BCUT2D eigenvalue weighted by Gasteiger charge is -2.36. The SMILES string of the molecule is CC(=O)NC(C(O)NC1Cc2ccccc2[C@H]1O)C(C)(C)C. The summed E-state index contributed by atoms with van der Waals surface area (Å²) in [6.07, 6.45) is -0.924. The number of aliphatic hydroxyl groups is 2. The fourth-order valence-electron chi connectivity index (χ4n) is 3.03. The van der Waals surface area contributed by atoms with Gasteiger partial charge in [0.2, 0.25) is 5.91 Å². The molecule has 0 fully saturated rings. The molecule has 3 unspecified atom stereocenters. The molecule has 122 valence electrons. The van der Waals surface area contributed by atoms with Gasteiger partial charge in [-0.25, -0.2) is 0 Å². The Hall–Kier alpha value is -1.43. The molecule has 0 heterocycles. The number of rotatable bonds is 4. The number of hydrogen-bond donors (Lipinski definition) is 4. The fraction of sp³-hybridized carbons (Fsp3) is 0.588. The molecule has 5 nitrogen and oxygen atoms in total. The Morgan fingerprint density at radius 3 is 2.50 bits per heavy atom. The van der Waals surface area contributed by atoms with Crippen LogP contribution in [0.5, 0.6) is 0 Å². The normalized spacial score (nSPS) is 23.7. The average Bonchev–Trinajstić information content (AvgIpc) is 2.72. The van der Waals surface area contributed by atoms with E-state index in [1.54, 1.807) is 0 Å². The zero-order chi connectivity index (χ0) is 16.5. The van der Waals surface area contributed by atoms with Crippen LogP contribution in [-0.4, -0.2) is 34.4 Å². The Bertz CT molecular complexity index is 539. The van der Waals surface area contributed by atoms with Crippen LogP contribution in [0.15, 0.2) is 24.3 Å². The molecule has 0 radical (unpaired) electrons. The molecule has 5 heteroatoms. The lowest BCUT2D eigenvalue weighted by Crippen LogP contribution is -2.58. The average molecular weight is 306 g/mol. The van der Waals surface area contributed by atoms with Crippen LogP contribution in [0.25, 0.3) is 0 Å². The van der Waals surface area contributed by atoms with Crippen molar-refractivity contribution in [2.45, 2.75) is 58.5 Å². The van der Waals surface area contributed by atoms with Crippen molar-refractivity contribution in [3.8, 4) is 0 Å². The number of hydrogen-bond acceptors (Lipinski definition) is 4. The van der Waals surface area contributed by atoms with Crippen molar-refractivity contribution in [2.24, 2.45) is 5.41 Å². The standard InChI is InChI=1S/C17H26N2O3/c1-10(20)18-15(17(2,3)4)16(22)19-13-9-11-7-5-6-8-12(11)14(13)21/h5-8,13-16,19,21-22H,9H2,1-4H3,(H,18,20)/t13?,14-,15?,16?/m1/s1. The van der Waals surface area contributed by atoms with E-state index in [1.807, 2.05) is 45.0 Å². The molecule has 0 spiro atoms. The van der Waals surface area contributed by atoms with Gasteiger partial charge in [0.25, 0.3) is 0 Å². The Balaban J connectivity index is 2.08. The van der Waals surface area contributed by atoms with Crippen LogP contribution in [0.3, 0.4) is 0 Å². The first kappa shape index (κ1) is 16.9. The molecule has 4 N–H and O–H groups in total. The molecule has 0 bridgehead atoms. The van der Waals surface area contributed by atoms with Gasteiger partial charge in [0.15, 0.2) is 0 Å². The number of benzene rings is 1. The molecule has 0 saturated heterocycles. The molecule has 1 amide bonds. The first-order valence-electron chi connectivity index (χ1n) is 7.67. The van der Waals surface area contributed by atoms with Crippen molar-refractivity contribution in [1.29, 1.82) is 0 Å². The van der Waals surface area contributed by atoms with Crippen molar-refractivity contribution < 1.29 is 15.0 Å². The van der Waals surface area contributed by atoms with Crippen LogP contribution >= 0.6 is 0 Å². The highest BCUT2D eigenvalue weighted by Crippen LogP contribution is 2.32. The Morgan fingerprint density at radius 2 is 1.95 bits per heavy atom. The summed E-state index contributed by atoms with van der Waals surface area (Å²) in [5.74, 6) is -0.184. The third kappa shape index (κ3) is 3.66. The van der Waals surface area contributed by atoms with Gasteiger partial charge in [-0.15, -0.1) is 0 Å². The summed E-state index contributed by atoms with van der Waals surface area (Å²) >= 11 is 0. The molecule has 0 saturated carbocycles. The third-order valence-corrected chi connectivity index (χ3v) is 4.19. The first-order valence-corrected chi connectivity index (χ1v) is 7.67. The highest BCUT2D eigenvalue weighted by Gasteiger charge is 2.37. The molecule has 0 aromatic heterocycles. The lowest BCUT2D eigenvalue weighted by molar-refractivity contribution is -0.122. The highest BCUT2D eigenvalue weighted by atomic mass is 16.3. The van der Waals surface area contributed by atoms with E-state index >= 15 is 0 Å². The van der Waals surface area contributed by atoms with Crippen LogP contribution in [0.2, 0.25) is 0 Å². The van der Waals surface area contributed by atoms with E-state index in [1.165, 1.54) is 6.92 Å². The Kier molecular flexibility index (Phi) is 4.90. The maximum absolute atomic E-state index is 11.4. The summed E-state index contributed by atoms with van der Waals surface area (Å²) in [6.45, 7) is 7.31. The van der Waals surface area contributed by atoms with Gasteiger partial charge in [0.1, 0.15) is 6.23 Å². The number of amides is 1. The zero-order valence-electron chi connectivity index (χ0n) is 13.6. The second-order valence-corrected chi connectivity index (χ2v) is 7.11. The van der Waals surface area contributed by atoms with Crippen LogP contribution in [0, 0.1) is 5.41 Å². The number of aliphatic hydroxyl groups excluding tert-OH is 2. The van der Waals surface area contributed by atoms with Crippen molar-refractivity contribution in [2.75, 3.05) is 0 Å². The fourth-order valence-corrected chi connectivity index (χ4v) is 3.03. The highest BCUT2D eigenvalue weighted by molar-refractivity contribution is 5.73. The summed E-state index contributed by atoms with van der Waals surface area (Å²) < 4.78 is 0. The minimum atomic E-state index is -0.933. The van der Waals surface area contributed by atoms with E-state index in [0.29, 0.717) is 6.42 Å². The van der Waals surface area contributed by atoms with E-state index in [2.05, 4.69) is 10.6 Å². The zero-order valence-corrected chi connectivity index (χ0v) is 13.6. The Labute approximate surface area is 131 Å². The minimum absolute atomic E-state index is 0.184. The first-order chi connectivity index (χ1) is 10.2. The summed E-state index contributed by atoms with van der Waals surface area (Å²) in [7, 11) is 0. The van der Waals surface area contributed by atoms with Gasteiger partial charge in [-0.2, -0.15) is 0 Å². The molecule has 0 aliphatic heterocycles. The number of carbonyl (C=O) groups excluding carboxylic acids is 1. The van der Waals surface area contributed by atoms with Gasteiger partial charge in [-0.05, 0) is 23.0 Å². The summed E-state index contributed by atoms with van der Waals surface area (Å²) in [4.78, 5) is 11.4. The van der Waals surface area contributed by atoms with Gasteiger partial charge in [-0.3, -0.25) is 10.1 Å². The van der Waals surface area contributed by atoms with Gasteiger partial charge in [0.05, 0.1) is 12.1 Å². The number of fused-ring (bicyclic) bond motifs is 1. The van der Waals surface area contributed by atoms with Crippen molar-refractivity contribution >= 4 is 5.91 Å². The van der Waals surface area contributed by atoms with Crippen LogP contribution < -0.4 is 10.6 Å². The molecule has 22 heavy (non-hydrogen) atoms. The molecule has 1 aromatic rings. The molecular weight excluding hydrogens is 280 g/mol. The predicted octanol–water partition coefficient (Wildman–Crippen LogP) is 1.10. The topological polar surface area (TPSA) is 81.6 Å². The van der Waals surface area contributed by atoms with Gasteiger partial charge in [-0.1, -0.05) is 45.0 Å². The monoisotopic (exact) mass is 306 g/mol. The quantitative estimate of drug-likeness (QED) is 0.628. The van der Waals surface area contributed by atoms with Crippen molar-refractivity contribution in [1.82, 2.24) is 10.6 Å². The van der Waals surface area contributed by atoms with E-state index in [9.17, 15) is 15.0 Å². The maximum atomic E-state index is 11.4. The van der Waals surface area contributed by atoms with Gasteiger partial charge < -0.3 is 15.5 Å². The van der Waals surface area contributed by atoms with Crippen molar-refractivity contribution in [3.63, 3.8) is 0 Å². The number of carbonyl (C=O) groups is 1. The van der Waals surface area contributed by atoms with E-state index in [0.717, 1.165) is 11.1 Å². The summed E-state index contributed by atoms with van der Waals surface area (Å²) in [5.41, 5.74) is 1.68. The van der Waals surface area contributed by atoms with E-state index in [-0.39, 0.29) is 17.4 Å². The molecule has 2 rings (SSSR count). The summed E-state index contributed by atoms with van der Waals surface area (Å²) in [5, 5.41) is 26.8. The Morgan fingerprint density at radius 1 is 1.32 bits per heavy atom. The lowest BCUT2D eigenvalue weighted by atomic mass is 9.85. The second kappa shape index (κ2) is 6.36. The molecule has 1 aliphatic rings. The van der Waals surface area contributed by atoms with Gasteiger partial charge >= 0.3 is 0 Å².